The van der Waals surface area contributed by atoms with Crippen molar-refractivity contribution >= 4 is 23.5 Å². The second kappa shape index (κ2) is 7.94. The molecule has 2 atom stereocenters. The maximum absolute atomic E-state index is 14.0. The number of para-hydroxylation sites is 1. The SMILES string of the molecule is COC(=O)[C@H]1C(=O)NC(N2CCN(c3ccccc3F)CC2)=N[C@H]1c1ccco1. The average Bonchev–Trinajstić information content (AvgIpc) is 3.28. The summed E-state index contributed by atoms with van der Waals surface area (Å²) in [7, 11) is 1.23. The van der Waals surface area contributed by atoms with Gasteiger partial charge in [0.05, 0.1) is 19.1 Å². The van der Waals surface area contributed by atoms with Gasteiger partial charge in [0.2, 0.25) is 11.9 Å². The molecular weight excluding hydrogens is 379 g/mol. The highest BCUT2D eigenvalue weighted by molar-refractivity contribution is 6.08. The molecule has 0 spiro atoms. The van der Waals surface area contributed by atoms with Crippen LogP contribution in [0.3, 0.4) is 0 Å². The lowest BCUT2D eigenvalue weighted by Gasteiger charge is -2.39. The summed E-state index contributed by atoms with van der Waals surface area (Å²) in [5.41, 5.74) is 0.556. The number of guanidine groups is 1. The van der Waals surface area contributed by atoms with Crippen molar-refractivity contribution in [2.45, 2.75) is 6.04 Å². The summed E-state index contributed by atoms with van der Waals surface area (Å²) in [6, 6.07) is 9.21. The standard InChI is InChI=1S/C20H21FN4O4/c1-28-19(27)16-17(15-7-4-12-29-15)22-20(23-18(16)26)25-10-8-24(9-11-25)14-6-3-2-5-13(14)21/h2-7,12,16-17H,8-11H2,1H3,(H,22,23,26)/t16-,17+/m1/s1. The monoisotopic (exact) mass is 400 g/mol. The van der Waals surface area contributed by atoms with Crippen LogP contribution in [-0.2, 0) is 14.3 Å². The summed E-state index contributed by atoms with van der Waals surface area (Å²) in [4.78, 5) is 33.3. The van der Waals surface area contributed by atoms with Gasteiger partial charge in [-0.2, -0.15) is 0 Å². The van der Waals surface area contributed by atoms with Gasteiger partial charge in [0, 0.05) is 26.2 Å². The van der Waals surface area contributed by atoms with Crippen LogP contribution < -0.4 is 10.2 Å². The second-order valence-electron chi connectivity index (χ2n) is 6.83. The highest BCUT2D eigenvalue weighted by Gasteiger charge is 2.43. The minimum atomic E-state index is -1.12. The van der Waals surface area contributed by atoms with Gasteiger partial charge in [-0.1, -0.05) is 12.1 Å². The summed E-state index contributed by atoms with van der Waals surface area (Å²) < 4.78 is 24.2. The Bertz CT molecular complexity index is 922. The lowest BCUT2D eigenvalue weighted by atomic mass is 9.95. The van der Waals surface area contributed by atoms with E-state index in [9.17, 15) is 14.0 Å². The minimum absolute atomic E-state index is 0.261. The molecule has 4 rings (SSSR count). The number of furan rings is 1. The summed E-state index contributed by atoms with van der Waals surface area (Å²) in [6.45, 7) is 2.23. The number of amides is 1. The first-order valence-corrected chi connectivity index (χ1v) is 9.33. The third kappa shape index (κ3) is 3.67. The van der Waals surface area contributed by atoms with Crippen molar-refractivity contribution in [3.8, 4) is 0 Å². The number of rotatable bonds is 3. The first kappa shape index (κ1) is 19.0. The lowest BCUT2D eigenvalue weighted by Crippen LogP contribution is -2.57. The molecule has 0 radical (unpaired) electrons. The lowest BCUT2D eigenvalue weighted by molar-refractivity contribution is -0.151. The van der Waals surface area contributed by atoms with E-state index in [1.165, 1.54) is 19.4 Å². The zero-order chi connectivity index (χ0) is 20.4. The van der Waals surface area contributed by atoms with Crippen molar-refractivity contribution in [3.63, 3.8) is 0 Å². The van der Waals surface area contributed by atoms with Crippen LogP contribution in [0.5, 0.6) is 0 Å². The van der Waals surface area contributed by atoms with Gasteiger partial charge >= 0.3 is 5.97 Å². The number of carbonyl (C=O) groups excluding carboxylic acids is 2. The van der Waals surface area contributed by atoms with E-state index in [2.05, 4.69) is 10.3 Å². The predicted octanol–water partition coefficient (Wildman–Crippen LogP) is 1.56. The number of carbonyl (C=O) groups is 2. The predicted molar refractivity (Wildman–Crippen MR) is 103 cm³/mol. The molecule has 1 aromatic carbocycles. The fourth-order valence-electron chi connectivity index (χ4n) is 3.65. The van der Waals surface area contributed by atoms with Crippen LogP contribution in [0.2, 0.25) is 0 Å². The third-order valence-corrected chi connectivity index (χ3v) is 5.16. The van der Waals surface area contributed by atoms with Crippen molar-refractivity contribution < 1.29 is 23.1 Å². The zero-order valence-corrected chi connectivity index (χ0v) is 15.9. The largest absolute Gasteiger partial charge is 0.468 e. The first-order valence-electron chi connectivity index (χ1n) is 9.33. The van der Waals surface area contributed by atoms with Crippen LogP contribution in [0.25, 0.3) is 0 Å². The number of hydrogen-bond acceptors (Lipinski definition) is 7. The highest BCUT2D eigenvalue weighted by Crippen LogP contribution is 2.31. The molecule has 0 aliphatic carbocycles. The van der Waals surface area contributed by atoms with Gasteiger partial charge in [-0.25, -0.2) is 9.38 Å². The number of anilines is 1. The van der Waals surface area contributed by atoms with Crippen LogP contribution in [-0.4, -0.2) is 56.0 Å². The van der Waals surface area contributed by atoms with Crippen molar-refractivity contribution in [1.82, 2.24) is 10.2 Å². The van der Waals surface area contributed by atoms with Crippen molar-refractivity contribution in [2.75, 3.05) is 38.2 Å². The Hall–Kier alpha value is -3.36. The molecule has 29 heavy (non-hydrogen) atoms. The van der Waals surface area contributed by atoms with Crippen molar-refractivity contribution in [2.24, 2.45) is 10.9 Å². The molecule has 152 valence electrons. The molecule has 1 aromatic heterocycles. The van der Waals surface area contributed by atoms with Gasteiger partial charge in [0.15, 0.2) is 5.92 Å². The van der Waals surface area contributed by atoms with E-state index in [4.69, 9.17) is 9.15 Å². The van der Waals surface area contributed by atoms with Crippen LogP contribution in [0, 0.1) is 11.7 Å². The molecule has 0 unspecified atom stereocenters. The number of piperazine rings is 1. The minimum Gasteiger partial charge on any atom is -0.468 e. The normalized spacial score (nSPS) is 22.1. The van der Waals surface area contributed by atoms with E-state index in [1.54, 1.807) is 30.3 Å². The van der Waals surface area contributed by atoms with Crippen LogP contribution in [0.15, 0.2) is 52.1 Å². The van der Waals surface area contributed by atoms with Gasteiger partial charge in [0.25, 0.3) is 0 Å². The molecule has 1 saturated heterocycles. The maximum Gasteiger partial charge on any atom is 0.320 e. The van der Waals surface area contributed by atoms with E-state index < -0.39 is 23.8 Å². The first-order chi connectivity index (χ1) is 14.1. The van der Waals surface area contributed by atoms with Gasteiger partial charge in [-0.05, 0) is 24.3 Å². The summed E-state index contributed by atoms with van der Waals surface area (Å²) in [5.74, 6) is -1.74. The molecule has 8 nitrogen and oxygen atoms in total. The molecule has 1 fully saturated rings. The molecule has 1 N–H and O–H groups in total. The Labute approximate surface area is 166 Å². The zero-order valence-electron chi connectivity index (χ0n) is 15.9. The molecule has 0 saturated carbocycles. The fourth-order valence-corrected chi connectivity index (χ4v) is 3.65. The molecule has 2 aliphatic heterocycles. The van der Waals surface area contributed by atoms with Crippen molar-refractivity contribution in [1.29, 1.82) is 0 Å². The number of nitrogens with one attached hydrogen (secondary N) is 1. The van der Waals surface area contributed by atoms with Crippen molar-refractivity contribution in [3.05, 3.63) is 54.2 Å². The Morgan fingerprint density at radius 3 is 2.55 bits per heavy atom. The summed E-state index contributed by atoms with van der Waals surface area (Å²) in [6.07, 6.45) is 1.47. The van der Waals surface area contributed by atoms with Gasteiger partial charge < -0.3 is 19.0 Å². The Kier molecular flexibility index (Phi) is 5.20. The van der Waals surface area contributed by atoms with Crippen LogP contribution in [0.4, 0.5) is 10.1 Å². The van der Waals surface area contributed by atoms with E-state index in [0.717, 1.165) is 0 Å². The molecule has 9 heteroatoms. The maximum atomic E-state index is 14.0. The summed E-state index contributed by atoms with van der Waals surface area (Å²) >= 11 is 0. The average molecular weight is 400 g/mol. The number of nitrogens with zero attached hydrogens (tertiary/aromatic N) is 3. The molecule has 1 amide bonds. The molecular formula is C20H21FN4O4. The van der Waals surface area contributed by atoms with E-state index in [0.29, 0.717) is 43.6 Å². The topological polar surface area (TPSA) is 87.4 Å². The number of methoxy groups -OCH3 is 1. The molecule has 2 aliphatic rings. The van der Waals surface area contributed by atoms with Gasteiger partial charge in [-0.3, -0.25) is 14.9 Å². The Morgan fingerprint density at radius 2 is 1.90 bits per heavy atom. The second-order valence-corrected chi connectivity index (χ2v) is 6.83. The van der Waals surface area contributed by atoms with Crippen LogP contribution in [0.1, 0.15) is 11.8 Å². The number of esters is 1. The number of benzene rings is 1. The number of aliphatic imine (C=N–C) groups is 1. The summed E-state index contributed by atoms with van der Waals surface area (Å²) in [5, 5.41) is 2.71. The van der Waals surface area contributed by atoms with E-state index in [-0.39, 0.29) is 5.82 Å². The number of halogens is 1. The highest BCUT2D eigenvalue weighted by atomic mass is 19.1. The Balaban J connectivity index is 1.53. The van der Waals surface area contributed by atoms with E-state index >= 15 is 0 Å². The number of ether oxygens (including phenoxy) is 1. The van der Waals surface area contributed by atoms with Gasteiger partial charge in [0.1, 0.15) is 17.6 Å². The van der Waals surface area contributed by atoms with Gasteiger partial charge in [-0.15, -0.1) is 0 Å². The fraction of sp³-hybridized carbons (Fsp3) is 0.350. The number of hydrogen-bond donors (Lipinski definition) is 1. The van der Waals surface area contributed by atoms with E-state index in [1.807, 2.05) is 9.80 Å². The Morgan fingerprint density at radius 1 is 1.17 bits per heavy atom. The third-order valence-electron chi connectivity index (χ3n) is 5.16. The quantitative estimate of drug-likeness (QED) is 0.622. The molecule has 3 heterocycles. The smallest absolute Gasteiger partial charge is 0.320 e. The van der Waals surface area contributed by atoms with Crippen LogP contribution >= 0.6 is 0 Å². The molecule has 2 aromatic rings. The molecule has 0 bridgehead atoms.